The van der Waals surface area contributed by atoms with E-state index in [4.69, 9.17) is 55.6 Å². The molecule has 0 aromatic carbocycles. The fourth-order valence-electron chi connectivity index (χ4n) is 0.284. The van der Waals surface area contributed by atoms with Crippen LogP contribution in [-0.4, -0.2) is 73.8 Å². The normalized spacial score (nSPS) is 8.65. The standard InChI is InChI=1S/C4H11NO2.4C2H4O2/c5-2-1-4(7)3-6;4*1-2(3)4/h4,6-7H,1-3,5H2;4*1H3,(H,3,4). The van der Waals surface area contributed by atoms with Gasteiger partial charge >= 0.3 is 0 Å². The average molecular weight is 345 g/mol. The Morgan fingerprint density at radius 1 is 0.783 bits per heavy atom. The molecule has 0 aromatic rings. The van der Waals surface area contributed by atoms with Gasteiger partial charge < -0.3 is 36.4 Å². The summed E-state index contributed by atoms with van der Waals surface area (Å²) in [5.41, 5.74) is 5.03. The van der Waals surface area contributed by atoms with Gasteiger partial charge in [0.2, 0.25) is 0 Å². The van der Waals surface area contributed by atoms with E-state index in [1.165, 1.54) is 0 Å². The highest BCUT2D eigenvalue weighted by atomic mass is 16.4. The number of rotatable bonds is 3. The lowest BCUT2D eigenvalue weighted by molar-refractivity contribution is -0.135. The van der Waals surface area contributed by atoms with Gasteiger partial charge in [-0.2, -0.15) is 0 Å². The third-order valence-electron chi connectivity index (χ3n) is 0.711. The number of carboxylic acid groups (broad SMARTS) is 4. The van der Waals surface area contributed by atoms with E-state index < -0.39 is 30.0 Å². The molecule has 0 saturated heterocycles. The van der Waals surface area contributed by atoms with Crippen molar-refractivity contribution in [1.29, 1.82) is 0 Å². The Morgan fingerprint density at radius 2 is 0.957 bits per heavy atom. The van der Waals surface area contributed by atoms with Crippen molar-refractivity contribution >= 4 is 23.9 Å². The summed E-state index contributed by atoms with van der Waals surface area (Å²) >= 11 is 0. The number of hydrogen-bond acceptors (Lipinski definition) is 7. The van der Waals surface area contributed by atoms with Crippen molar-refractivity contribution in [3.8, 4) is 0 Å². The fraction of sp³-hybridized carbons (Fsp3) is 0.667. The van der Waals surface area contributed by atoms with Gasteiger partial charge in [-0.15, -0.1) is 0 Å². The van der Waals surface area contributed by atoms with Gasteiger partial charge in [0, 0.05) is 27.7 Å². The summed E-state index contributed by atoms with van der Waals surface area (Å²) in [6, 6.07) is 0. The van der Waals surface area contributed by atoms with Crippen LogP contribution in [0.1, 0.15) is 34.1 Å². The van der Waals surface area contributed by atoms with Crippen LogP contribution in [0.4, 0.5) is 0 Å². The molecule has 8 N–H and O–H groups in total. The molecule has 0 aliphatic carbocycles. The van der Waals surface area contributed by atoms with Gasteiger partial charge in [0.15, 0.2) is 0 Å². The summed E-state index contributed by atoms with van der Waals surface area (Å²) in [6.45, 7) is 4.58. The molecule has 0 amide bonds. The Morgan fingerprint density at radius 3 is 1.00 bits per heavy atom. The molecule has 1 atom stereocenters. The maximum Gasteiger partial charge on any atom is 0.300 e. The van der Waals surface area contributed by atoms with Crippen LogP contribution in [0, 0.1) is 0 Å². The van der Waals surface area contributed by atoms with Gasteiger partial charge in [0.05, 0.1) is 12.7 Å². The van der Waals surface area contributed by atoms with E-state index in [0.29, 0.717) is 13.0 Å². The van der Waals surface area contributed by atoms with Crippen molar-refractivity contribution in [3.05, 3.63) is 0 Å². The number of hydrogen-bond donors (Lipinski definition) is 7. The smallest absolute Gasteiger partial charge is 0.300 e. The van der Waals surface area contributed by atoms with Crippen molar-refractivity contribution in [2.45, 2.75) is 40.2 Å². The second-order valence-electron chi connectivity index (χ2n) is 3.49. The van der Waals surface area contributed by atoms with E-state index in [1.807, 2.05) is 0 Å². The summed E-state index contributed by atoms with van der Waals surface area (Å²) in [5, 5.41) is 46.4. The Bertz CT molecular complexity index is 242. The van der Waals surface area contributed by atoms with Crippen LogP contribution in [-0.2, 0) is 19.2 Å². The van der Waals surface area contributed by atoms with Gasteiger partial charge in [-0.05, 0) is 13.0 Å². The molecule has 0 bridgehead atoms. The lowest BCUT2D eigenvalue weighted by Crippen LogP contribution is -2.16. The fourth-order valence-corrected chi connectivity index (χ4v) is 0.284. The molecule has 0 rings (SSSR count). The van der Waals surface area contributed by atoms with E-state index in [-0.39, 0.29) is 6.61 Å². The SMILES string of the molecule is CC(=O)O.CC(=O)O.CC(=O)O.CC(=O)O.NCCC(O)CO. The number of carbonyl (C=O) groups is 4. The minimum atomic E-state index is -0.833. The van der Waals surface area contributed by atoms with E-state index in [9.17, 15) is 0 Å². The Labute approximate surface area is 134 Å². The molecule has 0 spiro atoms. The molecule has 1 unspecified atom stereocenters. The first-order valence-corrected chi connectivity index (χ1v) is 6.01. The molecular weight excluding hydrogens is 318 g/mol. The summed E-state index contributed by atoms with van der Waals surface area (Å²) in [4.78, 5) is 36.0. The zero-order valence-corrected chi connectivity index (χ0v) is 13.6. The second kappa shape index (κ2) is 28.0. The van der Waals surface area contributed by atoms with Crippen LogP contribution in [0.2, 0.25) is 0 Å². The number of nitrogens with two attached hydrogens (primary N) is 1. The van der Waals surface area contributed by atoms with Crippen molar-refractivity contribution < 1.29 is 49.8 Å². The third-order valence-corrected chi connectivity index (χ3v) is 0.711. The Kier molecular flexibility index (Phi) is 39.7. The van der Waals surface area contributed by atoms with Crippen LogP contribution >= 0.6 is 0 Å². The van der Waals surface area contributed by atoms with Crippen molar-refractivity contribution in [2.75, 3.05) is 13.2 Å². The summed E-state index contributed by atoms with van der Waals surface area (Å²) < 4.78 is 0. The molecule has 0 aliphatic rings. The third kappa shape index (κ3) is 818. The van der Waals surface area contributed by atoms with Crippen LogP contribution < -0.4 is 5.73 Å². The zero-order chi connectivity index (χ0) is 20.0. The molecule has 11 heteroatoms. The maximum atomic E-state index is 9.00. The number of aliphatic hydroxyl groups excluding tert-OH is 2. The van der Waals surface area contributed by atoms with Gasteiger partial charge in [0.1, 0.15) is 0 Å². The lowest BCUT2D eigenvalue weighted by Gasteiger charge is -2.01. The highest BCUT2D eigenvalue weighted by molar-refractivity contribution is 5.63. The van der Waals surface area contributed by atoms with Crippen LogP contribution in [0.15, 0.2) is 0 Å². The quantitative estimate of drug-likeness (QED) is 0.331. The molecule has 0 radical (unpaired) electrons. The van der Waals surface area contributed by atoms with E-state index in [2.05, 4.69) is 0 Å². The minimum Gasteiger partial charge on any atom is -0.481 e. The minimum absolute atomic E-state index is 0.183. The van der Waals surface area contributed by atoms with Gasteiger partial charge in [0.25, 0.3) is 23.9 Å². The first-order chi connectivity index (χ1) is 10.2. The van der Waals surface area contributed by atoms with Crippen molar-refractivity contribution in [3.63, 3.8) is 0 Å². The molecule has 23 heavy (non-hydrogen) atoms. The monoisotopic (exact) mass is 345 g/mol. The van der Waals surface area contributed by atoms with Gasteiger partial charge in [-0.1, -0.05) is 0 Å². The molecule has 0 aromatic heterocycles. The van der Waals surface area contributed by atoms with Crippen LogP contribution in [0.5, 0.6) is 0 Å². The predicted molar refractivity (Wildman–Crippen MR) is 80.0 cm³/mol. The average Bonchev–Trinajstić information content (AvgIpc) is 2.26. The van der Waals surface area contributed by atoms with Crippen LogP contribution in [0.3, 0.4) is 0 Å². The largest absolute Gasteiger partial charge is 0.481 e. The predicted octanol–water partition coefficient (Wildman–Crippen LogP) is -0.948. The molecule has 0 heterocycles. The van der Waals surface area contributed by atoms with Gasteiger partial charge in [-0.25, -0.2) is 0 Å². The Hall–Kier alpha value is -2.24. The Balaban J connectivity index is -0.0000000604. The van der Waals surface area contributed by atoms with Crippen LogP contribution in [0.25, 0.3) is 0 Å². The second-order valence-corrected chi connectivity index (χ2v) is 3.49. The molecule has 0 aliphatic heterocycles. The van der Waals surface area contributed by atoms with Crippen molar-refractivity contribution in [1.82, 2.24) is 0 Å². The van der Waals surface area contributed by atoms with Crippen molar-refractivity contribution in [2.24, 2.45) is 5.73 Å². The molecule has 0 saturated carbocycles. The first-order valence-electron chi connectivity index (χ1n) is 6.01. The van der Waals surface area contributed by atoms with E-state index in [1.54, 1.807) is 0 Å². The summed E-state index contributed by atoms with van der Waals surface area (Å²) in [5.74, 6) is -3.33. The highest BCUT2D eigenvalue weighted by Gasteiger charge is 1.96. The number of carboxylic acids is 4. The molecule has 11 nitrogen and oxygen atoms in total. The maximum absolute atomic E-state index is 9.00. The first kappa shape index (κ1) is 32.6. The van der Waals surface area contributed by atoms with E-state index >= 15 is 0 Å². The number of aliphatic hydroxyl groups is 2. The molecule has 140 valence electrons. The topological polar surface area (TPSA) is 216 Å². The highest BCUT2D eigenvalue weighted by Crippen LogP contribution is 1.83. The summed E-state index contributed by atoms with van der Waals surface area (Å²) in [7, 11) is 0. The summed E-state index contributed by atoms with van der Waals surface area (Å²) in [6.07, 6.45) is -0.138. The molecular formula is C12H27NO10. The lowest BCUT2D eigenvalue weighted by atomic mass is 10.3. The van der Waals surface area contributed by atoms with Gasteiger partial charge in [-0.3, -0.25) is 19.2 Å². The molecule has 0 fully saturated rings. The van der Waals surface area contributed by atoms with E-state index in [0.717, 1.165) is 27.7 Å². The zero-order valence-electron chi connectivity index (χ0n) is 13.6. The number of aliphatic carboxylic acids is 4.